The lowest BCUT2D eigenvalue weighted by Gasteiger charge is -2.06. The number of hydrogen-bond acceptors (Lipinski definition) is 2. The quantitative estimate of drug-likeness (QED) is 0.450. The summed E-state index contributed by atoms with van der Waals surface area (Å²) in [6.45, 7) is 1.42. The maximum Gasteiger partial charge on any atom is 0.344 e. The first kappa shape index (κ1) is 11.8. The molecule has 82 valence electrons. The molecule has 1 aromatic carbocycles. The van der Waals surface area contributed by atoms with Crippen LogP contribution in [0.5, 0.6) is 0 Å². The van der Waals surface area contributed by atoms with Crippen molar-refractivity contribution < 1.29 is 22.7 Å². The molecule has 0 amide bonds. The number of esters is 1. The molecule has 0 N–H and O–H groups in total. The molecule has 15 heavy (non-hydrogen) atoms. The van der Waals surface area contributed by atoms with Crippen LogP contribution in [0.25, 0.3) is 0 Å². The van der Waals surface area contributed by atoms with Crippen LogP contribution in [0.1, 0.15) is 17.3 Å². The molecule has 0 fully saturated rings. The van der Waals surface area contributed by atoms with Gasteiger partial charge in [0.05, 0.1) is 6.61 Å². The number of carbonyl (C=O) groups excluding carboxylic acids is 1. The third kappa shape index (κ3) is 2.23. The van der Waals surface area contributed by atoms with Crippen molar-refractivity contribution in [3.8, 4) is 0 Å². The van der Waals surface area contributed by atoms with Crippen LogP contribution in [0.3, 0.4) is 0 Å². The Morgan fingerprint density at radius 1 is 1.40 bits per heavy atom. The zero-order valence-electron chi connectivity index (χ0n) is 7.61. The summed E-state index contributed by atoms with van der Waals surface area (Å²) in [6, 6.07) is 0.331. The van der Waals surface area contributed by atoms with Crippen molar-refractivity contribution in [1.82, 2.24) is 0 Å². The Labute approximate surface area is 88.6 Å². The second-order valence-corrected chi connectivity index (χ2v) is 2.94. The van der Waals surface area contributed by atoms with Crippen molar-refractivity contribution in [2.24, 2.45) is 0 Å². The third-order valence-corrected chi connectivity index (χ3v) is 1.94. The van der Waals surface area contributed by atoms with Gasteiger partial charge in [-0.1, -0.05) is 11.6 Å². The molecule has 0 radical (unpaired) electrons. The predicted octanol–water partition coefficient (Wildman–Crippen LogP) is 2.93. The van der Waals surface area contributed by atoms with Gasteiger partial charge >= 0.3 is 5.97 Å². The number of halogens is 4. The minimum atomic E-state index is -1.45. The van der Waals surface area contributed by atoms with Crippen LogP contribution >= 0.6 is 11.6 Å². The van der Waals surface area contributed by atoms with Crippen LogP contribution in [-0.2, 0) is 4.74 Å². The highest BCUT2D eigenvalue weighted by Gasteiger charge is 2.23. The van der Waals surface area contributed by atoms with Gasteiger partial charge in [-0.15, -0.1) is 0 Å². The lowest BCUT2D eigenvalue weighted by Crippen LogP contribution is -2.11. The maximum atomic E-state index is 13.2. The molecule has 0 aromatic heterocycles. The molecule has 0 bridgehead atoms. The number of carbonyl (C=O) groups is 1. The van der Waals surface area contributed by atoms with Gasteiger partial charge in [0.1, 0.15) is 22.2 Å². The van der Waals surface area contributed by atoms with Gasteiger partial charge < -0.3 is 4.74 Å². The highest BCUT2D eigenvalue weighted by atomic mass is 35.5. The molecule has 0 aliphatic carbocycles. The summed E-state index contributed by atoms with van der Waals surface area (Å²) < 4.78 is 43.3. The number of rotatable bonds is 2. The molecule has 2 nitrogen and oxygen atoms in total. The van der Waals surface area contributed by atoms with Gasteiger partial charge in [0.2, 0.25) is 0 Å². The summed E-state index contributed by atoms with van der Waals surface area (Å²) in [5.74, 6) is -5.27. The highest BCUT2D eigenvalue weighted by Crippen LogP contribution is 2.25. The van der Waals surface area contributed by atoms with Gasteiger partial charge in [-0.05, 0) is 6.92 Å². The van der Waals surface area contributed by atoms with Crippen LogP contribution in [0.4, 0.5) is 13.2 Å². The number of ether oxygens (including phenoxy) is 1. The molecule has 1 aromatic rings. The van der Waals surface area contributed by atoms with Crippen molar-refractivity contribution in [2.45, 2.75) is 6.92 Å². The van der Waals surface area contributed by atoms with Crippen molar-refractivity contribution >= 4 is 17.6 Å². The largest absolute Gasteiger partial charge is 0.462 e. The lowest BCUT2D eigenvalue weighted by molar-refractivity contribution is 0.0515. The Morgan fingerprint density at radius 2 is 2.00 bits per heavy atom. The second kappa shape index (κ2) is 4.53. The SMILES string of the molecule is CCOC(=O)c1c(F)cc(F)c(Cl)c1F. The normalized spacial score (nSPS) is 10.2. The molecule has 0 aliphatic heterocycles. The molecule has 0 heterocycles. The standard InChI is InChI=1S/C9H6ClF3O2/c1-2-15-9(14)6-4(11)3-5(12)7(10)8(6)13/h3H,2H2,1H3. The molecule has 1 rings (SSSR count). The monoisotopic (exact) mass is 238 g/mol. The van der Waals surface area contributed by atoms with Crippen molar-refractivity contribution in [1.29, 1.82) is 0 Å². The first-order chi connectivity index (χ1) is 6.99. The Kier molecular flexibility index (Phi) is 3.57. The van der Waals surface area contributed by atoms with E-state index in [2.05, 4.69) is 4.74 Å². The van der Waals surface area contributed by atoms with Crippen LogP contribution in [0, 0.1) is 17.5 Å². The predicted molar refractivity (Wildman–Crippen MR) is 47.3 cm³/mol. The fraction of sp³-hybridized carbons (Fsp3) is 0.222. The summed E-state index contributed by atoms with van der Waals surface area (Å²) in [5.41, 5.74) is -0.983. The van der Waals surface area contributed by atoms with Crippen molar-refractivity contribution in [3.05, 3.63) is 34.1 Å². The molecule has 6 heteroatoms. The van der Waals surface area contributed by atoms with Gasteiger partial charge in [-0.25, -0.2) is 18.0 Å². The van der Waals surface area contributed by atoms with Crippen LogP contribution in [0.2, 0.25) is 5.02 Å². The Balaban J connectivity index is 3.29. The zero-order valence-corrected chi connectivity index (χ0v) is 8.37. The van der Waals surface area contributed by atoms with Crippen LogP contribution < -0.4 is 0 Å². The maximum absolute atomic E-state index is 13.2. The molecule has 0 unspecified atom stereocenters. The van der Waals surface area contributed by atoms with Crippen molar-refractivity contribution in [3.63, 3.8) is 0 Å². The van der Waals surface area contributed by atoms with E-state index in [1.165, 1.54) is 6.92 Å². The van der Waals surface area contributed by atoms with E-state index in [0.717, 1.165) is 0 Å². The Hall–Kier alpha value is -1.23. The van der Waals surface area contributed by atoms with E-state index >= 15 is 0 Å². The average Bonchev–Trinajstić information content (AvgIpc) is 2.15. The van der Waals surface area contributed by atoms with Gasteiger partial charge in [0.25, 0.3) is 0 Å². The Morgan fingerprint density at radius 3 is 2.53 bits per heavy atom. The smallest absolute Gasteiger partial charge is 0.344 e. The molecule has 0 atom stereocenters. The van der Waals surface area contributed by atoms with E-state index < -0.39 is 34.0 Å². The van der Waals surface area contributed by atoms with Crippen molar-refractivity contribution in [2.75, 3.05) is 6.61 Å². The topological polar surface area (TPSA) is 26.3 Å². The summed E-state index contributed by atoms with van der Waals surface area (Å²) >= 11 is 5.17. The van der Waals surface area contributed by atoms with Crippen LogP contribution in [-0.4, -0.2) is 12.6 Å². The van der Waals surface area contributed by atoms with E-state index in [9.17, 15) is 18.0 Å². The third-order valence-electron chi connectivity index (χ3n) is 1.59. The first-order valence-corrected chi connectivity index (χ1v) is 4.37. The average molecular weight is 239 g/mol. The second-order valence-electron chi connectivity index (χ2n) is 2.56. The molecule has 0 saturated heterocycles. The number of hydrogen-bond donors (Lipinski definition) is 0. The Bertz CT molecular complexity index is 407. The fourth-order valence-electron chi connectivity index (χ4n) is 0.957. The molecule has 0 saturated carbocycles. The van der Waals surface area contributed by atoms with Gasteiger partial charge in [0.15, 0.2) is 5.82 Å². The molecule has 0 spiro atoms. The number of benzene rings is 1. The van der Waals surface area contributed by atoms with E-state index in [-0.39, 0.29) is 6.61 Å². The summed E-state index contributed by atoms with van der Waals surface area (Å²) in [6.07, 6.45) is 0. The molecule has 0 aliphatic rings. The fourth-order valence-corrected chi connectivity index (χ4v) is 1.11. The minimum Gasteiger partial charge on any atom is -0.462 e. The van der Waals surface area contributed by atoms with E-state index in [4.69, 9.17) is 11.6 Å². The van der Waals surface area contributed by atoms with E-state index in [0.29, 0.717) is 6.07 Å². The minimum absolute atomic E-state index is 0.0489. The first-order valence-electron chi connectivity index (χ1n) is 3.99. The van der Waals surface area contributed by atoms with E-state index in [1.807, 2.05) is 0 Å². The van der Waals surface area contributed by atoms with Gasteiger partial charge in [-0.2, -0.15) is 0 Å². The summed E-state index contributed by atoms with van der Waals surface area (Å²) in [4.78, 5) is 11.1. The van der Waals surface area contributed by atoms with Crippen LogP contribution in [0.15, 0.2) is 6.07 Å². The highest BCUT2D eigenvalue weighted by molar-refractivity contribution is 6.31. The lowest BCUT2D eigenvalue weighted by atomic mass is 10.2. The summed E-state index contributed by atoms with van der Waals surface area (Å²) in [7, 11) is 0. The van der Waals surface area contributed by atoms with E-state index in [1.54, 1.807) is 0 Å². The molecular weight excluding hydrogens is 233 g/mol. The summed E-state index contributed by atoms with van der Waals surface area (Å²) in [5, 5.41) is -0.931. The van der Waals surface area contributed by atoms with Gasteiger partial charge in [-0.3, -0.25) is 0 Å². The van der Waals surface area contributed by atoms with Gasteiger partial charge in [0, 0.05) is 6.07 Å². The molecular formula is C9H6ClF3O2. The zero-order chi connectivity index (χ0) is 11.6.